The Morgan fingerprint density at radius 1 is 0.500 bits per heavy atom. The summed E-state index contributed by atoms with van der Waals surface area (Å²) in [5, 5.41) is 31.7. The molecule has 0 aliphatic carbocycles. The smallest absolute Gasteiger partial charge is 0.307 e. The van der Waals surface area contributed by atoms with E-state index in [0.29, 0.717) is 12.8 Å². The second-order valence-corrected chi connectivity index (χ2v) is 12.5. The van der Waals surface area contributed by atoms with E-state index in [1.807, 2.05) is 109 Å². The molecule has 2 atom stereocenters. The predicted molar refractivity (Wildman–Crippen MR) is 202 cm³/mol. The standard InChI is InChI=1S/C22H25NO5.C20H21NO5/c1-2-28-22(27)15-19(23-20(24)12-13-21(25)26)14-16-8-10-18(11-9-16)17-6-4-3-5-7-17;22-18(10-11-19(23)24)21-17(13-20(25)26)12-14-6-8-16(9-7-14)15-4-2-1-3-5-15/h3-11,19H,2,12-15H2,1H3,(H,23,24)(H,25,26);1-9,17H,10-13H2,(H,21,22)(H,23,24)(H,25,26)/t19-;17-/m11/s1. The summed E-state index contributed by atoms with van der Waals surface area (Å²) in [4.78, 5) is 67.9. The van der Waals surface area contributed by atoms with Crippen LogP contribution in [0.4, 0.5) is 0 Å². The van der Waals surface area contributed by atoms with E-state index in [0.717, 1.165) is 33.4 Å². The normalized spacial score (nSPS) is 11.5. The number of esters is 1. The quantitative estimate of drug-likeness (QED) is 0.0721. The van der Waals surface area contributed by atoms with Gasteiger partial charge in [0.2, 0.25) is 11.8 Å². The van der Waals surface area contributed by atoms with Crippen LogP contribution < -0.4 is 10.6 Å². The first kappa shape index (κ1) is 42.1. The van der Waals surface area contributed by atoms with Crippen molar-refractivity contribution in [1.82, 2.24) is 10.6 Å². The van der Waals surface area contributed by atoms with Crippen LogP contribution >= 0.6 is 0 Å². The van der Waals surface area contributed by atoms with E-state index in [2.05, 4.69) is 10.6 Å². The summed E-state index contributed by atoms with van der Waals surface area (Å²) in [5.41, 5.74) is 6.19. The molecule has 0 unspecified atom stereocenters. The van der Waals surface area contributed by atoms with Gasteiger partial charge in [-0.05, 0) is 53.1 Å². The second-order valence-electron chi connectivity index (χ2n) is 12.5. The van der Waals surface area contributed by atoms with Gasteiger partial charge in [-0.15, -0.1) is 0 Å². The van der Waals surface area contributed by atoms with Gasteiger partial charge in [-0.2, -0.15) is 0 Å². The van der Waals surface area contributed by atoms with Crippen molar-refractivity contribution in [3.63, 3.8) is 0 Å². The lowest BCUT2D eigenvalue weighted by Crippen LogP contribution is -2.38. The van der Waals surface area contributed by atoms with Gasteiger partial charge in [-0.1, -0.05) is 109 Å². The molecule has 0 fully saturated rings. The van der Waals surface area contributed by atoms with Crippen LogP contribution in [0.1, 0.15) is 56.6 Å². The van der Waals surface area contributed by atoms with Gasteiger partial charge in [0.1, 0.15) is 0 Å². The van der Waals surface area contributed by atoms with Gasteiger partial charge in [-0.25, -0.2) is 0 Å². The predicted octanol–water partition coefficient (Wildman–Crippen LogP) is 5.92. The Balaban J connectivity index is 0.000000291. The summed E-state index contributed by atoms with van der Waals surface area (Å²) in [5.74, 6) is -4.36. The Kier molecular flexibility index (Phi) is 17.6. The molecule has 0 aliphatic heterocycles. The maximum Gasteiger partial charge on any atom is 0.307 e. The van der Waals surface area contributed by atoms with Crippen LogP contribution in [-0.4, -0.2) is 69.7 Å². The van der Waals surface area contributed by atoms with Crippen LogP contribution in [0, 0.1) is 0 Å². The Bertz CT molecular complexity index is 1810. The van der Waals surface area contributed by atoms with Gasteiger partial charge in [0.15, 0.2) is 0 Å². The molecule has 284 valence electrons. The molecule has 54 heavy (non-hydrogen) atoms. The van der Waals surface area contributed by atoms with Crippen molar-refractivity contribution in [2.45, 2.75) is 70.4 Å². The number of hydrogen-bond acceptors (Lipinski definition) is 7. The molecule has 0 bridgehead atoms. The Morgan fingerprint density at radius 3 is 1.22 bits per heavy atom. The van der Waals surface area contributed by atoms with Crippen molar-refractivity contribution in [3.05, 3.63) is 120 Å². The van der Waals surface area contributed by atoms with Gasteiger partial charge >= 0.3 is 23.9 Å². The van der Waals surface area contributed by atoms with E-state index >= 15 is 0 Å². The largest absolute Gasteiger partial charge is 0.481 e. The number of hydrogen-bond donors (Lipinski definition) is 5. The summed E-state index contributed by atoms with van der Waals surface area (Å²) in [6.45, 7) is 1.99. The van der Waals surface area contributed by atoms with Crippen molar-refractivity contribution in [2.24, 2.45) is 0 Å². The lowest BCUT2D eigenvalue weighted by Gasteiger charge is -2.18. The van der Waals surface area contributed by atoms with E-state index in [-0.39, 0.29) is 45.1 Å². The molecule has 0 aliphatic rings. The summed E-state index contributed by atoms with van der Waals surface area (Å²) in [7, 11) is 0. The lowest BCUT2D eigenvalue weighted by molar-refractivity contribution is -0.144. The first-order valence-corrected chi connectivity index (χ1v) is 17.6. The first-order valence-electron chi connectivity index (χ1n) is 17.6. The molecule has 4 rings (SSSR count). The van der Waals surface area contributed by atoms with E-state index in [1.54, 1.807) is 6.92 Å². The van der Waals surface area contributed by atoms with Crippen LogP contribution in [0.2, 0.25) is 0 Å². The van der Waals surface area contributed by atoms with E-state index < -0.39 is 47.8 Å². The molecule has 12 nitrogen and oxygen atoms in total. The second kappa shape index (κ2) is 22.6. The van der Waals surface area contributed by atoms with Crippen LogP contribution in [0.25, 0.3) is 22.3 Å². The summed E-state index contributed by atoms with van der Waals surface area (Å²) in [6, 6.07) is 34.4. The molecule has 4 aromatic rings. The molecule has 2 amide bonds. The minimum absolute atomic E-state index is 0.0348. The summed E-state index contributed by atoms with van der Waals surface area (Å²) < 4.78 is 4.98. The van der Waals surface area contributed by atoms with Crippen molar-refractivity contribution < 1.29 is 48.8 Å². The third kappa shape index (κ3) is 16.4. The molecule has 5 N–H and O–H groups in total. The highest BCUT2D eigenvalue weighted by Crippen LogP contribution is 2.21. The van der Waals surface area contributed by atoms with E-state index in [1.165, 1.54) is 0 Å². The maximum absolute atomic E-state index is 12.0. The molecule has 0 saturated carbocycles. The molecule has 12 heteroatoms. The van der Waals surface area contributed by atoms with Gasteiger partial charge < -0.3 is 30.7 Å². The summed E-state index contributed by atoms with van der Waals surface area (Å²) in [6.07, 6.45) is -0.194. The van der Waals surface area contributed by atoms with Crippen molar-refractivity contribution >= 4 is 35.7 Å². The van der Waals surface area contributed by atoms with E-state index in [9.17, 15) is 28.8 Å². The zero-order valence-corrected chi connectivity index (χ0v) is 30.1. The fourth-order valence-corrected chi connectivity index (χ4v) is 5.52. The maximum atomic E-state index is 12.0. The minimum Gasteiger partial charge on any atom is -0.481 e. The number of carboxylic acids is 3. The molecule has 0 saturated heterocycles. The zero-order chi connectivity index (χ0) is 39.3. The van der Waals surface area contributed by atoms with Gasteiger partial charge in [0.25, 0.3) is 0 Å². The first-order chi connectivity index (χ1) is 25.9. The highest BCUT2D eigenvalue weighted by molar-refractivity contribution is 5.82. The Morgan fingerprint density at radius 2 is 0.870 bits per heavy atom. The number of carbonyl (C=O) groups excluding carboxylic acids is 3. The Labute approximate surface area is 314 Å². The number of rotatable bonds is 19. The average Bonchev–Trinajstić information content (AvgIpc) is 3.14. The van der Waals surface area contributed by atoms with Crippen molar-refractivity contribution in [3.8, 4) is 22.3 Å². The molecule has 0 heterocycles. The van der Waals surface area contributed by atoms with Crippen LogP contribution in [0.5, 0.6) is 0 Å². The molecule has 0 aromatic heterocycles. The van der Waals surface area contributed by atoms with E-state index in [4.69, 9.17) is 20.1 Å². The Hall–Kier alpha value is -6.30. The van der Waals surface area contributed by atoms with Crippen LogP contribution in [0.15, 0.2) is 109 Å². The van der Waals surface area contributed by atoms with Crippen LogP contribution in [0.3, 0.4) is 0 Å². The number of carbonyl (C=O) groups is 6. The van der Waals surface area contributed by atoms with Gasteiger partial charge in [0, 0.05) is 24.9 Å². The number of aliphatic carboxylic acids is 3. The molecule has 0 radical (unpaired) electrons. The number of nitrogens with one attached hydrogen (secondary N) is 2. The van der Waals surface area contributed by atoms with Gasteiger partial charge in [-0.3, -0.25) is 28.8 Å². The molecular formula is C42H46N2O10. The molecular weight excluding hydrogens is 692 g/mol. The zero-order valence-electron chi connectivity index (χ0n) is 30.1. The molecule has 0 spiro atoms. The lowest BCUT2D eigenvalue weighted by atomic mass is 9.99. The SMILES string of the molecule is CCOC(=O)C[C@@H](Cc1ccc(-c2ccccc2)cc1)NC(=O)CCC(=O)O.O=C(O)CCC(=O)N[C@@H](CC(=O)O)Cc1ccc(-c2ccccc2)cc1. The highest BCUT2D eigenvalue weighted by Gasteiger charge is 2.19. The summed E-state index contributed by atoms with van der Waals surface area (Å²) >= 11 is 0. The number of amides is 2. The topological polar surface area (TPSA) is 196 Å². The molecule has 4 aromatic carbocycles. The van der Waals surface area contributed by atoms with Crippen molar-refractivity contribution in [1.29, 1.82) is 0 Å². The number of benzene rings is 4. The fourth-order valence-electron chi connectivity index (χ4n) is 5.52. The van der Waals surface area contributed by atoms with Crippen LogP contribution in [-0.2, 0) is 46.3 Å². The fraction of sp³-hybridized carbons (Fsp3) is 0.286. The number of carboxylic acid groups (broad SMARTS) is 3. The monoisotopic (exact) mass is 738 g/mol. The number of ether oxygens (including phenoxy) is 1. The average molecular weight is 739 g/mol. The third-order valence-electron chi connectivity index (χ3n) is 8.09. The van der Waals surface area contributed by atoms with Crippen molar-refractivity contribution in [2.75, 3.05) is 6.61 Å². The highest BCUT2D eigenvalue weighted by atomic mass is 16.5. The third-order valence-corrected chi connectivity index (χ3v) is 8.09. The van der Waals surface area contributed by atoms with Gasteiger partial charge in [0.05, 0.1) is 32.3 Å². The minimum atomic E-state index is -1.06.